The molecule has 0 fully saturated rings. The van der Waals surface area contributed by atoms with Crippen LogP contribution in [0.15, 0.2) is 35.1 Å². The fraction of sp³-hybridized carbons (Fsp3) is 0.357. The zero-order chi connectivity index (χ0) is 13.1. The third-order valence-corrected chi connectivity index (χ3v) is 3.65. The SMILES string of the molecule is Cc1cc(Br)ccc1C(O)CCc1nccn1C. The summed E-state index contributed by atoms with van der Waals surface area (Å²) < 4.78 is 3.03. The minimum Gasteiger partial charge on any atom is -0.388 e. The molecule has 96 valence electrons. The molecule has 0 aliphatic carbocycles. The molecular formula is C14H17BrN2O. The summed E-state index contributed by atoms with van der Waals surface area (Å²) in [6, 6.07) is 5.97. The summed E-state index contributed by atoms with van der Waals surface area (Å²) in [7, 11) is 1.97. The van der Waals surface area contributed by atoms with Crippen molar-refractivity contribution in [1.82, 2.24) is 9.55 Å². The van der Waals surface area contributed by atoms with Crippen molar-refractivity contribution in [2.24, 2.45) is 7.05 Å². The van der Waals surface area contributed by atoms with Gasteiger partial charge in [-0.2, -0.15) is 0 Å². The number of aliphatic hydroxyl groups excluding tert-OH is 1. The topological polar surface area (TPSA) is 38.1 Å². The van der Waals surface area contributed by atoms with E-state index >= 15 is 0 Å². The first-order valence-corrected chi connectivity index (χ1v) is 6.77. The number of nitrogens with zero attached hydrogens (tertiary/aromatic N) is 2. The number of halogens is 1. The number of hydrogen-bond acceptors (Lipinski definition) is 2. The first-order valence-electron chi connectivity index (χ1n) is 5.98. The average molecular weight is 309 g/mol. The van der Waals surface area contributed by atoms with Gasteiger partial charge in [-0.25, -0.2) is 4.98 Å². The summed E-state index contributed by atoms with van der Waals surface area (Å²) in [4.78, 5) is 4.26. The quantitative estimate of drug-likeness (QED) is 0.942. The Labute approximate surface area is 116 Å². The van der Waals surface area contributed by atoms with Crippen LogP contribution in [-0.2, 0) is 13.5 Å². The van der Waals surface area contributed by atoms with Gasteiger partial charge in [0.25, 0.3) is 0 Å². The zero-order valence-corrected chi connectivity index (χ0v) is 12.2. The number of aromatic nitrogens is 2. The lowest BCUT2D eigenvalue weighted by atomic mass is 10.00. The van der Waals surface area contributed by atoms with E-state index in [0.717, 1.165) is 27.8 Å². The van der Waals surface area contributed by atoms with Gasteiger partial charge in [0.05, 0.1) is 6.10 Å². The molecule has 0 aliphatic rings. The maximum absolute atomic E-state index is 10.2. The van der Waals surface area contributed by atoms with Crippen molar-refractivity contribution in [2.45, 2.75) is 25.9 Å². The predicted molar refractivity (Wildman–Crippen MR) is 75.4 cm³/mol. The Hall–Kier alpha value is -1.13. The van der Waals surface area contributed by atoms with Crippen molar-refractivity contribution in [2.75, 3.05) is 0 Å². The van der Waals surface area contributed by atoms with Crippen molar-refractivity contribution in [1.29, 1.82) is 0 Å². The van der Waals surface area contributed by atoms with Crippen molar-refractivity contribution in [3.05, 3.63) is 52.0 Å². The molecule has 0 radical (unpaired) electrons. The van der Waals surface area contributed by atoms with E-state index in [2.05, 4.69) is 20.9 Å². The fourth-order valence-electron chi connectivity index (χ4n) is 2.07. The van der Waals surface area contributed by atoms with Gasteiger partial charge in [0.2, 0.25) is 0 Å². The second-order valence-corrected chi connectivity index (χ2v) is 5.43. The molecule has 1 unspecified atom stereocenters. The van der Waals surface area contributed by atoms with Gasteiger partial charge >= 0.3 is 0 Å². The summed E-state index contributed by atoms with van der Waals surface area (Å²) in [6.45, 7) is 2.02. The minimum atomic E-state index is -0.435. The largest absolute Gasteiger partial charge is 0.388 e. The van der Waals surface area contributed by atoms with Crippen LogP contribution in [0, 0.1) is 6.92 Å². The van der Waals surface area contributed by atoms with E-state index in [4.69, 9.17) is 0 Å². The molecule has 2 rings (SSSR count). The molecule has 0 bridgehead atoms. The van der Waals surface area contributed by atoms with Gasteiger partial charge in [-0.1, -0.05) is 22.0 Å². The first kappa shape index (κ1) is 13.3. The molecule has 3 nitrogen and oxygen atoms in total. The third kappa shape index (κ3) is 3.00. The Morgan fingerprint density at radius 2 is 2.22 bits per heavy atom. The Balaban J connectivity index is 2.03. The minimum absolute atomic E-state index is 0.435. The summed E-state index contributed by atoms with van der Waals surface area (Å²) in [6.07, 6.45) is 4.74. The van der Waals surface area contributed by atoms with E-state index in [1.807, 2.05) is 42.9 Å². The molecule has 4 heteroatoms. The molecule has 1 N–H and O–H groups in total. The lowest BCUT2D eigenvalue weighted by Gasteiger charge is -2.14. The van der Waals surface area contributed by atoms with Gasteiger partial charge in [0.15, 0.2) is 0 Å². The normalized spacial score (nSPS) is 12.7. The summed E-state index contributed by atoms with van der Waals surface area (Å²) in [5.74, 6) is 1.00. The van der Waals surface area contributed by atoms with Gasteiger partial charge in [-0.05, 0) is 36.6 Å². The van der Waals surface area contributed by atoms with Crippen LogP contribution in [0.25, 0.3) is 0 Å². The summed E-state index contributed by atoms with van der Waals surface area (Å²) >= 11 is 3.43. The van der Waals surface area contributed by atoms with Crippen molar-refractivity contribution in [3.63, 3.8) is 0 Å². The molecule has 18 heavy (non-hydrogen) atoms. The standard InChI is InChI=1S/C14H17BrN2O/c1-10-9-11(15)3-4-12(10)13(18)5-6-14-16-7-8-17(14)2/h3-4,7-9,13,18H,5-6H2,1-2H3. The average Bonchev–Trinajstić information content (AvgIpc) is 2.72. The lowest BCUT2D eigenvalue weighted by molar-refractivity contribution is 0.166. The van der Waals surface area contributed by atoms with Crippen molar-refractivity contribution < 1.29 is 5.11 Å². The number of rotatable bonds is 4. The monoisotopic (exact) mass is 308 g/mol. The molecule has 0 amide bonds. The molecule has 0 aliphatic heterocycles. The highest BCUT2D eigenvalue weighted by atomic mass is 79.9. The fourth-order valence-corrected chi connectivity index (χ4v) is 2.55. The van der Waals surface area contributed by atoms with E-state index in [1.54, 1.807) is 6.20 Å². The summed E-state index contributed by atoms with van der Waals surface area (Å²) in [5, 5.41) is 10.2. The number of aryl methyl sites for hydroxylation is 3. The van der Waals surface area contributed by atoms with Crippen LogP contribution >= 0.6 is 15.9 Å². The zero-order valence-electron chi connectivity index (χ0n) is 10.6. The number of aliphatic hydroxyl groups is 1. The van der Waals surface area contributed by atoms with Gasteiger partial charge in [0.1, 0.15) is 5.82 Å². The van der Waals surface area contributed by atoms with Gasteiger partial charge in [-0.3, -0.25) is 0 Å². The van der Waals surface area contributed by atoms with Gasteiger partial charge in [0, 0.05) is 30.3 Å². The molecule has 1 aromatic heterocycles. The van der Waals surface area contributed by atoms with E-state index in [9.17, 15) is 5.11 Å². The molecule has 1 heterocycles. The Morgan fingerprint density at radius 3 is 2.83 bits per heavy atom. The van der Waals surface area contributed by atoms with Crippen LogP contribution in [0.5, 0.6) is 0 Å². The number of benzene rings is 1. The van der Waals surface area contributed by atoms with E-state index in [1.165, 1.54) is 0 Å². The van der Waals surface area contributed by atoms with E-state index < -0.39 is 6.10 Å². The Bertz CT molecular complexity index is 536. The number of hydrogen-bond donors (Lipinski definition) is 1. The molecule has 0 spiro atoms. The van der Waals surface area contributed by atoms with Gasteiger partial charge < -0.3 is 9.67 Å². The molecule has 0 saturated heterocycles. The molecule has 0 saturated carbocycles. The van der Waals surface area contributed by atoms with Crippen LogP contribution in [-0.4, -0.2) is 14.7 Å². The van der Waals surface area contributed by atoms with Crippen LogP contribution in [0.4, 0.5) is 0 Å². The first-order chi connectivity index (χ1) is 8.58. The van der Waals surface area contributed by atoms with E-state index in [0.29, 0.717) is 6.42 Å². The molecule has 2 aromatic rings. The van der Waals surface area contributed by atoms with Crippen molar-refractivity contribution >= 4 is 15.9 Å². The Kier molecular flexibility index (Phi) is 4.19. The van der Waals surface area contributed by atoms with Crippen LogP contribution in [0.3, 0.4) is 0 Å². The van der Waals surface area contributed by atoms with E-state index in [-0.39, 0.29) is 0 Å². The van der Waals surface area contributed by atoms with Crippen molar-refractivity contribution in [3.8, 4) is 0 Å². The Morgan fingerprint density at radius 1 is 1.44 bits per heavy atom. The highest BCUT2D eigenvalue weighted by Gasteiger charge is 2.12. The van der Waals surface area contributed by atoms with Crippen LogP contribution in [0.1, 0.15) is 29.5 Å². The summed E-state index contributed by atoms with van der Waals surface area (Å²) in [5.41, 5.74) is 2.10. The highest BCUT2D eigenvalue weighted by Crippen LogP contribution is 2.24. The smallest absolute Gasteiger partial charge is 0.108 e. The second kappa shape index (κ2) is 5.67. The highest BCUT2D eigenvalue weighted by molar-refractivity contribution is 9.10. The lowest BCUT2D eigenvalue weighted by Crippen LogP contribution is -2.05. The van der Waals surface area contributed by atoms with Crippen LogP contribution < -0.4 is 0 Å². The van der Waals surface area contributed by atoms with Gasteiger partial charge in [-0.15, -0.1) is 0 Å². The maximum Gasteiger partial charge on any atom is 0.108 e. The maximum atomic E-state index is 10.2. The number of imidazole rings is 1. The predicted octanol–water partition coefficient (Wildman–Crippen LogP) is 3.16. The molecular weight excluding hydrogens is 292 g/mol. The second-order valence-electron chi connectivity index (χ2n) is 4.51. The molecule has 1 aromatic carbocycles. The van der Waals surface area contributed by atoms with Crippen LogP contribution in [0.2, 0.25) is 0 Å². The molecule has 1 atom stereocenters. The third-order valence-electron chi connectivity index (χ3n) is 3.15.